The van der Waals surface area contributed by atoms with Crippen molar-refractivity contribution in [1.29, 1.82) is 0 Å². The van der Waals surface area contributed by atoms with Crippen molar-refractivity contribution in [2.24, 2.45) is 0 Å². The van der Waals surface area contributed by atoms with Crippen molar-refractivity contribution in [2.75, 3.05) is 0 Å². The van der Waals surface area contributed by atoms with E-state index in [1.165, 1.54) is 77.5 Å². The number of thiophene rings is 1. The summed E-state index contributed by atoms with van der Waals surface area (Å²) < 4.78 is 0. The lowest BCUT2D eigenvalue weighted by Gasteiger charge is -2.25. The second-order valence-corrected chi connectivity index (χ2v) is 8.99. The SMILES string of the molecule is Cc1cccc(-c2c3c(nc4sc5c(c24)CCCC5)[C@@H](C)CCC3)c1. The van der Waals surface area contributed by atoms with Crippen molar-refractivity contribution >= 4 is 21.6 Å². The number of aryl methyl sites for hydroxylation is 3. The third-order valence-electron chi connectivity index (χ3n) is 6.07. The van der Waals surface area contributed by atoms with Crippen LogP contribution >= 0.6 is 11.3 Å². The van der Waals surface area contributed by atoms with E-state index >= 15 is 0 Å². The largest absolute Gasteiger partial charge is 0.241 e. The molecule has 0 unspecified atom stereocenters. The number of benzene rings is 1. The normalized spacial score (nSPS) is 19.7. The van der Waals surface area contributed by atoms with E-state index in [4.69, 9.17) is 4.98 Å². The molecule has 0 radical (unpaired) electrons. The number of nitrogens with zero attached hydrogens (tertiary/aromatic N) is 1. The van der Waals surface area contributed by atoms with Gasteiger partial charge in [0, 0.05) is 16.0 Å². The third-order valence-corrected chi connectivity index (χ3v) is 7.26. The van der Waals surface area contributed by atoms with E-state index in [0.29, 0.717) is 5.92 Å². The number of rotatable bonds is 1. The van der Waals surface area contributed by atoms with E-state index in [2.05, 4.69) is 38.1 Å². The summed E-state index contributed by atoms with van der Waals surface area (Å²) in [4.78, 5) is 8.14. The molecule has 0 spiro atoms. The third kappa shape index (κ3) is 2.45. The lowest BCUT2D eigenvalue weighted by Crippen LogP contribution is -2.11. The highest BCUT2D eigenvalue weighted by Gasteiger charge is 2.27. The van der Waals surface area contributed by atoms with E-state index in [1.54, 1.807) is 16.0 Å². The van der Waals surface area contributed by atoms with E-state index in [1.807, 2.05) is 11.3 Å². The average molecular weight is 348 g/mol. The Morgan fingerprint density at radius 3 is 2.76 bits per heavy atom. The summed E-state index contributed by atoms with van der Waals surface area (Å²) in [6.45, 7) is 4.57. The van der Waals surface area contributed by atoms with Gasteiger partial charge in [0.15, 0.2) is 0 Å². The Bertz CT molecular complexity index is 966. The summed E-state index contributed by atoms with van der Waals surface area (Å²) in [6.07, 6.45) is 8.94. The zero-order valence-electron chi connectivity index (χ0n) is 15.2. The first-order chi connectivity index (χ1) is 12.2. The molecule has 1 aromatic carbocycles. The van der Waals surface area contributed by atoms with E-state index < -0.39 is 0 Å². The Kier molecular flexibility index (Phi) is 3.71. The van der Waals surface area contributed by atoms with Crippen molar-refractivity contribution in [2.45, 2.75) is 64.7 Å². The quantitative estimate of drug-likeness (QED) is 0.484. The van der Waals surface area contributed by atoms with Crippen LogP contribution in [0.5, 0.6) is 0 Å². The highest BCUT2D eigenvalue weighted by molar-refractivity contribution is 7.19. The lowest BCUT2D eigenvalue weighted by molar-refractivity contribution is 0.577. The van der Waals surface area contributed by atoms with Gasteiger partial charge in [0.2, 0.25) is 0 Å². The van der Waals surface area contributed by atoms with Gasteiger partial charge in [0.25, 0.3) is 0 Å². The minimum Gasteiger partial charge on any atom is -0.241 e. The highest BCUT2D eigenvalue weighted by Crippen LogP contribution is 2.46. The van der Waals surface area contributed by atoms with E-state index in [0.717, 1.165) is 0 Å². The average Bonchev–Trinajstić information content (AvgIpc) is 2.99. The maximum absolute atomic E-state index is 5.23. The molecule has 2 aliphatic carbocycles. The van der Waals surface area contributed by atoms with Crippen LogP contribution in [0.2, 0.25) is 0 Å². The highest BCUT2D eigenvalue weighted by atomic mass is 32.1. The number of hydrogen-bond donors (Lipinski definition) is 0. The molecule has 5 rings (SSSR count). The van der Waals surface area contributed by atoms with Crippen LogP contribution in [0.3, 0.4) is 0 Å². The van der Waals surface area contributed by atoms with Crippen LogP contribution in [0.1, 0.15) is 65.8 Å². The van der Waals surface area contributed by atoms with Crippen molar-refractivity contribution in [3.8, 4) is 11.1 Å². The van der Waals surface area contributed by atoms with Gasteiger partial charge < -0.3 is 0 Å². The summed E-state index contributed by atoms with van der Waals surface area (Å²) in [5.41, 5.74) is 8.83. The van der Waals surface area contributed by atoms with Crippen molar-refractivity contribution in [1.82, 2.24) is 4.98 Å². The predicted octanol–water partition coefficient (Wildman–Crippen LogP) is 6.59. The summed E-state index contributed by atoms with van der Waals surface area (Å²) in [5.74, 6) is 0.593. The first kappa shape index (κ1) is 15.6. The lowest BCUT2D eigenvalue weighted by atomic mass is 9.81. The Hall–Kier alpha value is -1.67. The number of aromatic nitrogens is 1. The van der Waals surface area contributed by atoms with Crippen LogP contribution in [0.4, 0.5) is 0 Å². The van der Waals surface area contributed by atoms with E-state index in [-0.39, 0.29) is 0 Å². The molecule has 2 heteroatoms. The Labute approximate surface area is 154 Å². The second-order valence-electron chi connectivity index (χ2n) is 7.90. The molecule has 2 heterocycles. The smallest absolute Gasteiger partial charge is 0.124 e. The minimum absolute atomic E-state index is 0.593. The molecule has 0 saturated heterocycles. The van der Waals surface area contributed by atoms with Gasteiger partial charge in [-0.3, -0.25) is 0 Å². The van der Waals surface area contributed by atoms with Gasteiger partial charge in [0.1, 0.15) is 4.83 Å². The van der Waals surface area contributed by atoms with Gasteiger partial charge in [-0.1, -0.05) is 36.8 Å². The molecule has 0 aliphatic heterocycles. The molecule has 0 fully saturated rings. The van der Waals surface area contributed by atoms with Gasteiger partial charge in [-0.25, -0.2) is 4.98 Å². The molecule has 0 amide bonds. The zero-order chi connectivity index (χ0) is 17.0. The molecule has 128 valence electrons. The molecule has 25 heavy (non-hydrogen) atoms. The van der Waals surface area contributed by atoms with Crippen molar-refractivity contribution in [3.63, 3.8) is 0 Å². The Balaban J connectivity index is 1.90. The van der Waals surface area contributed by atoms with Crippen LogP contribution < -0.4 is 0 Å². The number of hydrogen-bond acceptors (Lipinski definition) is 2. The maximum Gasteiger partial charge on any atom is 0.124 e. The molecular formula is C23H25NS. The summed E-state index contributed by atoms with van der Waals surface area (Å²) in [6, 6.07) is 9.11. The van der Waals surface area contributed by atoms with Gasteiger partial charge >= 0.3 is 0 Å². The van der Waals surface area contributed by atoms with Crippen molar-refractivity contribution < 1.29 is 0 Å². The molecular weight excluding hydrogens is 322 g/mol. The monoisotopic (exact) mass is 347 g/mol. The zero-order valence-corrected chi connectivity index (χ0v) is 16.0. The molecule has 0 N–H and O–H groups in total. The van der Waals surface area contributed by atoms with Crippen molar-refractivity contribution in [3.05, 3.63) is 51.5 Å². The molecule has 2 aliphatic rings. The number of pyridine rings is 1. The fourth-order valence-corrected chi connectivity index (χ4v) is 6.12. The fraction of sp³-hybridized carbons (Fsp3) is 0.435. The first-order valence-corrected chi connectivity index (χ1v) is 10.6. The van der Waals surface area contributed by atoms with Gasteiger partial charge in [0.05, 0.1) is 0 Å². The van der Waals surface area contributed by atoms with Crippen LogP contribution in [0.25, 0.3) is 21.3 Å². The standard InChI is InChI=1S/C23H25NS/c1-14-7-5-9-16(13-14)20-18-11-6-8-15(2)22(18)24-23-21(20)17-10-3-4-12-19(17)25-23/h5,7,9,13,15H,3-4,6,8,10-12H2,1-2H3/t15-/m0/s1. The topological polar surface area (TPSA) is 12.9 Å². The molecule has 0 saturated carbocycles. The predicted molar refractivity (Wildman–Crippen MR) is 108 cm³/mol. The Morgan fingerprint density at radius 2 is 1.88 bits per heavy atom. The molecule has 1 nitrogen and oxygen atoms in total. The summed E-state index contributed by atoms with van der Waals surface area (Å²) >= 11 is 1.98. The van der Waals surface area contributed by atoms with Gasteiger partial charge in [-0.05, 0) is 80.0 Å². The van der Waals surface area contributed by atoms with Crippen LogP contribution in [0.15, 0.2) is 24.3 Å². The van der Waals surface area contributed by atoms with Gasteiger partial charge in [-0.2, -0.15) is 0 Å². The fourth-order valence-electron chi connectivity index (χ4n) is 4.85. The second kappa shape index (κ2) is 5.95. The number of fused-ring (bicyclic) bond motifs is 4. The molecule has 1 atom stereocenters. The minimum atomic E-state index is 0.593. The molecule has 0 bridgehead atoms. The first-order valence-electron chi connectivity index (χ1n) is 9.76. The van der Waals surface area contributed by atoms with Gasteiger partial charge in [-0.15, -0.1) is 11.3 Å². The Morgan fingerprint density at radius 1 is 1.04 bits per heavy atom. The van der Waals surface area contributed by atoms with Crippen LogP contribution in [-0.2, 0) is 19.3 Å². The molecule has 2 aromatic heterocycles. The maximum atomic E-state index is 5.23. The summed E-state index contributed by atoms with van der Waals surface area (Å²) in [5, 5.41) is 1.50. The molecule has 3 aromatic rings. The van der Waals surface area contributed by atoms with E-state index in [9.17, 15) is 0 Å². The van der Waals surface area contributed by atoms with Crippen LogP contribution in [-0.4, -0.2) is 4.98 Å². The summed E-state index contributed by atoms with van der Waals surface area (Å²) in [7, 11) is 0. The van der Waals surface area contributed by atoms with Crippen LogP contribution in [0, 0.1) is 6.92 Å².